The topological polar surface area (TPSA) is 61.9 Å². The van der Waals surface area contributed by atoms with Gasteiger partial charge in [-0.15, -0.1) is 0 Å². The summed E-state index contributed by atoms with van der Waals surface area (Å²) in [5, 5.41) is 0. The fourth-order valence-electron chi connectivity index (χ4n) is 2.35. The maximum Gasteiger partial charge on any atom is 0.401 e. The summed E-state index contributed by atoms with van der Waals surface area (Å²) in [6.45, 7) is 3.40. The summed E-state index contributed by atoms with van der Waals surface area (Å²) >= 11 is 0. The van der Waals surface area contributed by atoms with Crippen molar-refractivity contribution in [3.05, 3.63) is 0 Å². The number of nitrogens with one attached hydrogen (secondary N) is 1. The van der Waals surface area contributed by atoms with Crippen LogP contribution < -0.4 is 4.72 Å². The van der Waals surface area contributed by atoms with Gasteiger partial charge in [-0.1, -0.05) is 0 Å². The second kappa shape index (κ2) is 7.91. The van der Waals surface area contributed by atoms with E-state index in [0.717, 1.165) is 4.90 Å². The molecule has 0 aromatic rings. The van der Waals surface area contributed by atoms with E-state index in [0.29, 0.717) is 6.42 Å². The van der Waals surface area contributed by atoms with Gasteiger partial charge in [-0.2, -0.15) is 25.9 Å². The first-order valence-corrected chi connectivity index (χ1v) is 8.59. The molecule has 132 valence electrons. The van der Waals surface area contributed by atoms with E-state index in [9.17, 15) is 21.6 Å². The largest absolute Gasteiger partial charge is 0.401 e. The van der Waals surface area contributed by atoms with Crippen LogP contribution in [0.2, 0.25) is 0 Å². The quantitative estimate of drug-likeness (QED) is 0.693. The summed E-state index contributed by atoms with van der Waals surface area (Å²) in [6, 6.07) is 0. The molecule has 6 nitrogen and oxygen atoms in total. The molecule has 0 aromatic carbocycles. The van der Waals surface area contributed by atoms with Crippen LogP contribution >= 0.6 is 0 Å². The van der Waals surface area contributed by atoms with Gasteiger partial charge in [-0.3, -0.25) is 4.90 Å². The number of rotatable bonds is 7. The minimum atomic E-state index is -4.24. The number of halogens is 3. The molecule has 1 fully saturated rings. The lowest BCUT2D eigenvalue weighted by atomic mass is 10.3. The number of nitrogens with zero attached hydrogens (tertiary/aromatic N) is 2. The van der Waals surface area contributed by atoms with Gasteiger partial charge in [0.15, 0.2) is 0 Å². The summed E-state index contributed by atoms with van der Waals surface area (Å²) in [6.07, 6.45) is -4.30. The van der Waals surface area contributed by atoms with E-state index < -0.39 is 22.9 Å². The molecule has 2 atom stereocenters. The molecule has 22 heavy (non-hydrogen) atoms. The Labute approximate surface area is 129 Å². The lowest BCUT2D eigenvalue weighted by molar-refractivity contribution is -0.143. The predicted octanol–water partition coefficient (Wildman–Crippen LogP) is 0.814. The molecule has 0 unspecified atom stereocenters. The van der Waals surface area contributed by atoms with Crippen molar-refractivity contribution in [3.8, 4) is 0 Å². The maximum absolute atomic E-state index is 12.1. The van der Waals surface area contributed by atoms with E-state index in [2.05, 4.69) is 4.72 Å². The van der Waals surface area contributed by atoms with Crippen molar-refractivity contribution in [2.45, 2.75) is 38.7 Å². The normalized spacial score (nSPS) is 24.9. The van der Waals surface area contributed by atoms with Gasteiger partial charge in [0.2, 0.25) is 0 Å². The highest BCUT2D eigenvalue weighted by atomic mass is 32.2. The SMILES string of the molecule is C[C@H]1CN(S(=O)(=O)NCCCN(C)CC(F)(F)F)C[C@H](C)O1. The zero-order valence-electron chi connectivity index (χ0n) is 13.1. The van der Waals surface area contributed by atoms with Gasteiger partial charge in [0, 0.05) is 19.6 Å². The molecule has 1 saturated heterocycles. The van der Waals surface area contributed by atoms with Crippen LogP contribution in [0.25, 0.3) is 0 Å². The Morgan fingerprint density at radius 1 is 1.27 bits per heavy atom. The van der Waals surface area contributed by atoms with Gasteiger partial charge in [0.05, 0.1) is 18.8 Å². The third kappa shape index (κ3) is 7.23. The second-order valence-corrected chi connectivity index (χ2v) is 7.44. The smallest absolute Gasteiger partial charge is 0.373 e. The molecule has 0 bridgehead atoms. The number of hydrogen-bond donors (Lipinski definition) is 1. The van der Waals surface area contributed by atoms with Gasteiger partial charge < -0.3 is 4.74 Å². The molecule has 1 N–H and O–H groups in total. The van der Waals surface area contributed by atoms with Crippen molar-refractivity contribution in [1.29, 1.82) is 0 Å². The Morgan fingerprint density at radius 2 is 1.82 bits per heavy atom. The van der Waals surface area contributed by atoms with Crippen molar-refractivity contribution in [3.63, 3.8) is 0 Å². The van der Waals surface area contributed by atoms with Crippen molar-refractivity contribution in [2.75, 3.05) is 39.8 Å². The van der Waals surface area contributed by atoms with E-state index in [1.54, 1.807) is 13.8 Å². The first-order chi connectivity index (χ1) is 9.99. The standard InChI is InChI=1S/C12H24F3N3O3S/c1-10-7-18(8-11(2)21-10)22(19,20)16-5-4-6-17(3)9-12(13,14)15/h10-11,16H,4-9H2,1-3H3/t10-,11-/m0/s1. The summed E-state index contributed by atoms with van der Waals surface area (Å²) < 4.78 is 69.9. The molecule has 10 heteroatoms. The van der Waals surface area contributed by atoms with Gasteiger partial charge in [0.25, 0.3) is 10.2 Å². The highest BCUT2D eigenvalue weighted by molar-refractivity contribution is 7.87. The number of alkyl halides is 3. The summed E-state index contributed by atoms with van der Waals surface area (Å²) in [5.41, 5.74) is 0. The third-order valence-corrected chi connectivity index (χ3v) is 4.72. The average molecular weight is 347 g/mol. The highest BCUT2D eigenvalue weighted by Gasteiger charge is 2.31. The molecule has 0 radical (unpaired) electrons. The van der Waals surface area contributed by atoms with Gasteiger partial charge in [-0.25, -0.2) is 4.72 Å². The fraction of sp³-hybridized carbons (Fsp3) is 1.00. The number of hydrogen-bond acceptors (Lipinski definition) is 4. The molecule has 1 heterocycles. The lowest BCUT2D eigenvalue weighted by Crippen LogP contribution is -2.52. The Morgan fingerprint density at radius 3 is 2.32 bits per heavy atom. The lowest BCUT2D eigenvalue weighted by Gasteiger charge is -2.34. The van der Waals surface area contributed by atoms with Crippen LogP contribution in [0, 0.1) is 0 Å². The van der Waals surface area contributed by atoms with Crippen molar-refractivity contribution in [1.82, 2.24) is 13.9 Å². The molecule has 1 rings (SSSR count). The molecule has 0 aromatic heterocycles. The Bertz CT molecular complexity index is 435. The Balaban J connectivity index is 2.34. The zero-order chi connectivity index (χ0) is 17.0. The van der Waals surface area contributed by atoms with Gasteiger partial charge >= 0.3 is 6.18 Å². The molecule has 0 aliphatic carbocycles. The predicted molar refractivity (Wildman–Crippen MR) is 76.7 cm³/mol. The van der Waals surface area contributed by atoms with E-state index in [4.69, 9.17) is 4.74 Å². The van der Waals surface area contributed by atoms with Crippen molar-refractivity contribution >= 4 is 10.2 Å². The molecular weight excluding hydrogens is 323 g/mol. The maximum atomic E-state index is 12.1. The van der Waals surface area contributed by atoms with Gasteiger partial charge in [0.1, 0.15) is 0 Å². The molecule has 0 spiro atoms. The average Bonchev–Trinajstić information content (AvgIpc) is 2.31. The van der Waals surface area contributed by atoms with E-state index >= 15 is 0 Å². The zero-order valence-corrected chi connectivity index (χ0v) is 13.9. The van der Waals surface area contributed by atoms with Crippen LogP contribution in [0.5, 0.6) is 0 Å². The van der Waals surface area contributed by atoms with E-state index in [1.165, 1.54) is 11.4 Å². The van der Waals surface area contributed by atoms with Crippen LogP contribution in [0.1, 0.15) is 20.3 Å². The Hall–Kier alpha value is -0.420. The minimum absolute atomic E-state index is 0.102. The van der Waals surface area contributed by atoms with Crippen LogP contribution in [-0.2, 0) is 14.9 Å². The molecular formula is C12H24F3N3O3S. The highest BCUT2D eigenvalue weighted by Crippen LogP contribution is 2.16. The van der Waals surface area contributed by atoms with Crippen molar-refractivity contribution in [2.24, 2.45) is 0 Å². The van der Waals surface area contributed by atoms with E-state index in [1.807, 2.05) is 0 Å². The molecule has 1 aliphatic rings. The van der Waals surface area contributed by atoms with Crippen LogP contribution in [0.3, 0.4) is 0 Å². The Kier molecular flexibility index (Phi) is 7.06. The first kappa shape index (κ1) is 19.6. The minimum Gasteiger partial charge on any atom is -0.373 e. The molecule has 1 aliphatic heterocycles. The monoisotopic (exact) mass is 347 g/mol. The number of morpholine rings is 1. The van der Waals surface area contributed by atoms with Crippen LogP contribution in [-0.4, -0.2) is 75.8 Å². The third-order valence-electron chi connectivity index (χ3n) is 3.18. The number of ether oxygens (including phenoxy) is 1. The molecule has 0 saturated carbocycles. The summed E-state index contributed by atoms with van der Waals surface area (Å²) in [4.78, 5) is 1.12. The fourth-order valence-corrected chi connectivity index (χ4v) is 3.75. The van der Waals surface area contributed by atoms with Crippen molar-refractivity contribution < 1.29 is 26.3 Å². The molecule has 0 amide bonds. The summed E-state index contributed by atoms with van der Waals surface area (Å²) in [5.74, 6) is 0. The van der Waals surface area contributed by atoms with Gasteiger partial charge in [-0.05, 0) is 33.9 Å². The first-order valence-electron chi connectivity index (χ1n) is 7.15. The van der Waals surface area contributed by atoms with Crippen LogP contribution in [0.4, 0.5) is 13.2 Å². The van der Waals surface area contributed by atoms with E-state index in [-0.39, 0.29) is 38.4 Å². The van der Waals surface area contributed by atoms with Crippen LogP contribution in [0.15, 0.2) is 0 Å². The second-order valence-electron chi connectivity index (χ2n) is 5.68. The summed E-state index contributed by atoms with van der Waals surface area (Å²) in [7, 11) is -2.27.